The van der Waals surface area contributed by atoms with Gasteiger partial charge in [-0.05, 0) is 95.7 Å². The number of pyridine rings is 2. The summed E-state index contributed by atoms with van der Waals surface area (Å²) in [6, 6.07) is 6.54. The number of likely N-dealkylation sites (N-methyl/N-ethyl adjacent to an activating group) is 1. The molecule has 2 aromatic rings. The molecule has 1 aliphatic carbocycles. The van der Waals surface area contributed by atoms with Crippen LogP contribution in [0.4, 0.5) is 5.82 Å². The fourth-order valence-electron chi connectivity index (χ4n) is 5.79. The van der Waals surface area contributed by atoms with Crippen LogP contribution < -0.4 is 15.8 Å². The molecule has 0 radical (unpaired) electrons. The van der Waals surface area contributed by atoms with Crippen molar-refractivity contribution in [2.24, 2.45) is 5.92 Å². The number of aromatic nitrogens is 2. The molecule has 2 aliphatic rings. The van der Waals surface area contributed by atoms with Gasteiger partial charge in [0.15, 0.2) is 0 Å². The Morgan fingerprint density at radius 2 is 1.89 bits per heavy atom. The number of piperazine rings is 1. The van der Waals surface area contributed by atoms with Crippen molar-refractivity contribution in [3.05, 3.63) is 92.7 Å². The number of nitrogens with zero attached hydrogens (tertiary/aromatic N) is 4. The second kappa shape index (κ2) is 14.7. The van der Waals surface area contributed by atoms with Crippen molar-refractivity contribution in [2.45, 2.75) is 73.4 Å². The van der Waals surface area contributed by atoms with Crippen molar-refractivity contribution >= 4 is 17.6 Å². The number of aryl methyl sites for hydroxylation is 2. The Hall–Kier alpha value is -3.98. The Bertz CT molecular complexity index is 1470. The molecule has 44 heavy (non-hydrogen) atoms. The zero-order valence-corrected chi connectivity index (χ0v) is 27.2. The van der Waals surface area contributed by atoms with Gasteiger partial charge in [-0.15, -0.1) is 0 Å². The number of hydrogen-bond acceptors (Lipinski definition) is 6. The first kappa shape index (κ1) is 32.9. The van der Waals surface area contributed by atoms with Crippen LogP contribution in [-0.2, 0) is 22.6 Å². The summed E-state index contributed by atoms with van der Waals surface area (Å²) in [5, 5.41) is 2.96. The van der Waals surface area contributed by atoms with Gasteiger partial charge in [0, 0.05) is 80.0 Å². The summed E-state index contributed by atoms with van der Waals surface area (Å²) in [4.78, 5) is 53.5. The number of rotatable bonds is 12. The van der Waals surface area contributed by atoms with Crippen LogP contribution in [-0.4, -0.2) is 70.3 Å². The third-order valence-electron chi connectivity index (χ3n) is 8.66. The van der Waals surface area contributed by atoms with Gasteiger partial charge < -0.3 is 20.1 Å². The number of amides is 2. The minimum atomic E-state index is -0.316. The van der Waals surface area contributed by atoms with Crippen molar-refractivity contribution in [1.29, 1.82) is 0 Å². The molecule has 3 heterocycles. The minimum absolute atomic E-state index is 0.0353. The molecule has 2 amide bonds. The lowest BCUT2D eigenvalue weighted by atomic mass is 10.00. The van der Waals surface area contributed by atoms with Gasteiger partial charge in [-0.1, -0.05) is 18.7 Å². The molecule has 0 bridgehead atoms. The Labute approximate surface area is 261 Å². The van der Waals surface area contributed by atoms with E-state index in [4.69, 9.17) is 4.98 Å². The lowest BCUT2D eigenvalue weighted by Gasteiger charge is -2.37. The van der Waals surface area contributed by atoms with E-state index in [0.29, 0.717) is 41.4 Å². The van der Waals surface area contributed by atoms with Crippen LogP contribution in [0.2, 0.25) is 0 Å². The maximum atomic E-state index is 13.8. The smallest absolute Gasteiger partial charge is 0.253 e. The van der Waals surface area contributed by atoms with Crippen LogP contribution in [0.1, 0.15) is 62.9 Å². The average Bonchev–Trinajstić information content (AvgIpc) is 3.85. The summed E-state index contributed by atoms with van der Waals surface area (Å²) in [6.45, 7) is 20.4. The number of nitrogens with one attached hydrogen (secondary N) is 2. The Balaban J connectivity index is 1.58. The summed E-state index contributed by atoms with van der Waals surface area (Å²) in [6.07, 6.45) is 7.67. The van der Waals surface area contributed by atoms with Gasteiger partial charge in [0.2, 0.25) is 5.91 Å². The fourth-order valence-corrected chi connectivity index (χ4v) is 5.79. The molecule has 0 spiro atoms. The largest absolute Gasteiger partial charge is 0.354 e. The first-order valence-corrected chi connectivity index (χ1v) is 15.8. The standard InChI is InChI=1S/C35H48N6O3/c1-8-31(41(9-2)35(44)28-12-13-28)26(7)29(33(42)37-22-30-24(5)20-25(6)38-34(30)43)14-10-27-11-15-32(36-21-27)40-18-16-39(17-19-40)23(3)4/h8,11,14-15,20-21,23,28H,1,9-10,12-13,16-19,22H2,2-7H3,(H,37,42)(H,38,43)/b29-14+,31-26+. The van der Waals surface area contributed by atoms with Crippen molar-refractivity contribution in [2.75, 3.05) is 37.6 Å². The zero-order valence-electron chi connectivity index (χ0n) is 27.2. The summed E-state index contributed by atoms with van der Waals surface area (Å²) in [7, 11) is 0. The summed E-state index contributed by atoms with van der Waals surface area (Å²) >= 11 is 0. The average molecular weight is 601 g/mol. The molecular weight excluding hydrogens is 552 g/mol. The lowest BCUT2D eigenvalue weighted by Crippen LogP contribution is -2.49. The van der Waals surface area contributed by atoms with Gasteiger partial charge in [-0.3, -0.25) is 19.3 Å². The van der Waals surface area contributed by atoms with Crippen molar-refractivity contribution in [1.82, 2.24) is 25.1 Å². The maximum absolute atomic E-state index is 13.8. The van der Waals surface area contributed by atoms with Crippen LogP contribution in [0.5, 0.6) is 0 Å². The Kier molecular flexibility index (Phi) is 11.0. The highest BCUT2D eigenvalue weighted by atomic mass is 16.2. The Morgan fingerprint density at radius 1 is 1.18 bits per heavy atom. The molecule has 2 N–H and O–H groups in total. The van der Waals surface area contributed by atoms with Crippen LogP contribution in [0.3, 0.4) is 0 Å². The second-order valence-electron chi connectivity index (χ2n) is 12.2. The zero-order chi connectivity index (χ0) is 32.0. The Morgan fingerprint density at radius 3 is 2.43 bits per heavy atom. The molecule has 1 aliphatic heterocycles. The molecule has 0 atom stereocenters. The third kappa shape index (κ3) is 7.94. The van der Waals surface area contributed by atoms with E-state index in [2.05, 4.69) is 46.6 Å². The van der Waals surface area contributed by atoms with E-state index in [0.717, 1.165) is 61.7 Å². The first-order valence-electron chi connectivity index (χ1n) is 15.8. The molecule has 9 heteroatoms. The maximum Gasteiger partial charge on any atom is 0.253 e. The molecule has 4 rings (SSSR count). The van der Waals surface area contributed by atoms with Crippen molar-refractivity contribution < 1.29 is 9.59 Å². The SMILES string of the molecule is C=C/C(=C(C)\C(=C/Cc1ccc(N2CCN(C(C)C)CC2)nc1)C(=O)NCc1c(C)cc(C)[nH]c1=O)N(CC)C(=O)C1CC1. The first-order chi connectivity index (χ1) is 21.0. The van der Waals surface area contributed by atoms with Crippen LogP contribution in [0.25, 0.3) is 0 Å². The normalized spacial score (nSPS) is 16.5. The molecule has 9 nitrogen and oxygen atoms in total. The van der Waals surface area contributed by atoms with Crippen molar-refractivity contribution in [3.63, 3.8) is 0 Å². The quantitative estimate of drug-likeness (QED) is 0.276. The van der Waals surface area contributed by atoms with Gasteiger partial charge in [0.05, 0.1) is 0 Å². The molecule has 0 unspecified atom stereocenters. The molecule has 1 saturated carbocycles. The number of allylic oxidation sites excluding steroid dienone is 2. The number of aromatic amines is 1. The fraction of sp³-hybridized carbons (Fsp3) is 0.486. The summed E-state index contributed by atoms with van der Waals surface area (Å²) in [5.74, 6) is 0.745. The number of carbonyl (C=O) groups excluding carboxylic acids is 2. The third-order valence-corrected chi connectivity index (χ3v) is 8.66. The van der Waals surface area contributed by atoms with E-state index in [9.17, 15) is 14.4 Å². The highest BCUT2D eigenvalue weighted by molar-refractivity contribution is 5.98. The van der Waals surface area contributed by atoms with E-state index in [1.54, 1.807) is 11.0 Å². The molecular formula is C35H48N6O3. The van der Waals surface area contributed by atoms with Gasteiger partial charge in [-0.2, -0.15) is 0 Å². The number of anilines is 1. The molecule has 2 aromatic heterocycles. The second-order valence-corrected chi connectivity index (χ2v) is 12.2. The number of hydrogen-bond donors (Lipinski definition) is 2. The topological polar surface area (TPSA) is 102 Å². The van der Waals surface area contributed by atoms with E-state index >= 15 is 0 Å². The molecule has 0 aromatic carbocycles. The van der Waals surface area contributed by atoms with Gasteiger partial charge in [0.25, 0.3) is 11.5 Å². The number of H-pyrrole nitrogens is 1. The lowest BCUT2D eigenvalue weighted by molar-refractivity contribution is -0.130. The van der Waals surface area contributed by atoms with Gasteiger partial charge in [0.1, 0.15) is 5.82 Å². The van der Waals surface area contributed by atoms with Crippen molar-refractivity contribution in [3.8, 4) is 0 Å². The molecule has 1 saturated heterocycles. The predicted octanol–water partition coefficient (Wildman–Crippen LogP) is 4.42. The van der Waals surface area contributed by atoms with Crippen LogP contribution >= 0.6 is 0 Å². The summed E-state index contributed by atoms with van der Waals surface area (Å²) < 4.78 is 0. The van der Waals surface area contributed by atoms with Crippen LogP contribution in [0, 0.1) is 19.8 Å². The summed E-state index contributed by atoms with van der Waals surface area (Å²) in [5.41, 5.74) is 4.60. The molecule has 2 fully saturated rings. The van der Waals surface area contributed by atoms with Gasteiger partial charge in [-0.25, -0.2) is 4.98 Å². The highest BCUT2D eigenvalue weighted by Gasteiger charge is 2.34. The van der Waals surface area contributed by atoms with E-state index < -0.39 is 0 Å². The van der Waals surface area contributed by atoms with Gasteiger partial charge >= 0.3 is 0 Å². The molecule has 236 valence electrons. The highest BCUT2D eigenvalue weighted by Crippen LogP contribution is 2.33. The monoisotopic (exact) mass is 600 g/mol. The predicted molar refractivity (Wildman–Crippen MR) is 176 cm³/mol. The van der Waals surface area contributed by atoms with E-state index in [1.807, 2.05) is 52.1 Å². The van der Waals surface area contributed by atoms with Crippen LogP contribution in [0.15, 0.2) is 64.8 Å². The van der Waals surface area contributed by atoms with E-state index in [1.165, 1.54) is 0 Å². The minimum Gasteiger partial charge on any atom is -0.354 e. The van der Waals surface area contributed by atoms with E-state index in [-0.39, 0.29) is 29.8 Å². The number of carbonyl (C=O) groups is 2.